The number of hydrogen-bond donors (Lipinski definition) is 1. The maximum absolute atomic E-state index is 12.9. The number of pyridine rings is 1. The molecule has 124 valence electrons. The zero-order valence-electron chi connectivity index (χ0n) is 13.2. The lowest BCUT2D eigenvalue weighted by Gasteiger charge is -2.28. The van der Waals surface area contributed by atoms with E-state index in [0.717, 1.165) is 17.8 Å². The van der Waals surface area contributed by atoms with E-state index in [9.17, 15) is 9.59 Å². The van der Waals surface area contributed by atoms with E-state index in [4.69, 9.17) is 0 Å². The van der Waals surface area contributed by atoms with Crippen LogP contribution in [0.15, 0.2) is 23.8 Å². The van der Waals surface area contributed by atoms with Gasteiger partial charge in [-0.15, -0.1) is 11.3 Å². The minimum Gasteiger partial charge on any atom is -0.321 e. The summed E-state index contributed by atoms with van der Waals surface area (Å²) in [5.74, 6) is 0.0358. The van der Waals surface area contributed by atoms with Gasteiger partial charge in [-0.3, -0.25) is 19.5 Å². The first-order chi connectivity index (χ1) is 11.7. The highest BCUT2D eigenvalue weighted by atomic mass is 32.1. The largest absolute Gasteiger partial charge is 0.321 e. The van der Waals surface area contributed by atoms with Crippen molar-refractivity contribution in [1.29, 1.82) is 0 Å². The summed E-state index contributed by atoms with van der Waals surface area (Å²) >= 11 is 1.56. The fourth-order valence-electron chi connectivity index (χ4n) is 3.38. The average Bonchev–Trinajstić information content (AvgIpc) is 3.11. The van der Waals surface area contributed by atoms with Crippen molar-refractivity contribution < 1.29 is 9.59 Å². The molecule has 0 radical (unpaired) electrons. The number of hydrogen-bond acceptors (Lipinski definition) is 5. The molecule has 3 heterocycles. The van der Waals surface area contributed by atoms with Crippen molar-refractivity contribution in [1.82, 2.24) is 9.97 Å². The molecule has 6 nitrogen and oxygen atoms in total. The summed E-state index contributed by atoms with van der Waals surface area (Å²) in [6.45, 7) is 0.00609. The molecule has 2 aliphatic rings. The van der Waals surface area contributed by atoms with Crippen LogP contribution in [-0.4, -0.2) is 28.3 Å². The molecule has 1 N–H and O–H groups in total. The van der Waals surface area contributed by atoms with Crippen LogP contribution in [0, 0.1) is 0 Å². The summed E-state index contributed by atoms with van der Waals surface area (Å²) in [4.78, 5) is 34.8. The Kier molecular flexibility index (Phi) is 4.02. The van der Waals surface area contributed by atoms with Crippen LogP contribution in [0.2, 0.25) is 0 Å². The van der Waals surface area contributed by atoms with Gasteiger partial charge in [0.1, 0.15) is 12.2 Å². The Balaban J connectivity index is 1.60. The smallest absolute Gasteiger partial charge is 0.278 e. The van der Waals surface area contributed by atoms with Gasteiger partial charge in [0, 0.05) is 17.5 Å². The quantitative estimate of drug-likeness (QED) is 0.909. The molecule has 2 aromatic rings. The van der Waals surface area contributed by atoms with Gasteiger partial charge in [-0.05, 0) is 18.9 Å². The Bertz CT molecular complexity index is 782. The van der Waals surface area contributed by atoms with E-state index >= 15 is 0 Å². The second kappa shape index (κ2) is 6.32. The summed E-state index contributed by atoms with van der Waals surface area (Å²) in [6, 6.07) is 1.74. The van der Waals surface area contributed by atoms with E-state index < -0.39 is 0 Å². The molecule has 2 aromatic heterocycles. The molecule has 0 spiro atoms. The Labute approximate surface area is 143 Å². The first kappa shape index (κ1) is 15.3. The van der Waals surface area contributed by atoms with Gasteiger partial charge in [0.15, 0.2) is 0 Å². The number of thiazole rings is 1. The van der Waals surface area contributed by atoms with Crippen molar-refractivity contribution in [3.05, 3.63) is 34.5 Å². The lowest BCUT2D eigenvalue weighted by Crippen LogP contribution is -2.42. The molecule has 0 bridgehead atoms. The molecular formula is C17H18N4O2S. The molecule has 0 unspecified atom stereocenters. The number of anilines is 2. The van der Waals surface area contributed by atoms with Gasteiger partial charge < -0.3 is 5.32 Å². The van der Waals surface area contributed by atoms with E-state index in [-0.39, 0.29) is 18.4 Å². The first-order valence-electron chi connectivity index (χ1n) is 8.23. The highest BCUT2D eigenvalue weighted by Gasteiger charge is 2.29. The topological polar surface area (TPSA) is 75.2 Å². The van der Waals surface area contributed by atoms with Crippen LogP contribution in [-0.2, 0) is 4.79 Å². The van der Waals surface area contributed by atoms with Crippen molar-refractivity contribution in [2.45, 2.75) is 38.0 Å². The van der Waals surface area contributed by atoms with Gasteiger partial charge in [-0.2, -0.15) is 0 Å². The van der Waals surface area contributed by atoms with E-state index in [1.807, 2.05) is 5.38 Å². The van der Waals surface area contributed by atoms with Crippen LogP contribution in [0.1, 0.15) is 53.5 Å². The van der Waals surface area contributed by atoms with Gasteiger partial charge in [0.25, 0.3) is 5.91 Å². The Morgan fingerprint density at radius 1 is 1.29 bits per heavy atom. The molecule has 0 saturated heterocycles. The molecule has 1 fully saturated rings. The van der Waals surface area contributed by atoms with Crippen LogP contribution < -0.4 is 10.2 Å². The zero-order valence-corrected chi connectivity index (χ0v) is 14.0. The first-order valence-corrected chi connectivity index (χ1v) is 9.11. The highest BCUT2D eigenvalue weighted by molar-refractivity contribution is 7.10. The number of nitrogens with zero attached hydrogens (tertiary/aromatic N) is 3. The number of fused-ring (bicyclic) bond motifs is 1. The predicted molar refractivity (Wildman–Crippen MR) is 92.5 cm³/mol. The fourth-order valence-corrected chi connectivity index (χ4v) is 4.34. The molecule has 1 aliphatic carbocycles. The minimum atomic E-state index is -0.226. The van der Waals surface area contributed by atoms with Crippen molar-refractivity contribution >= 4 is 34.5 Å². The summed E-state index contributed by atoms with van der Waals surface area (Å²) in [5, 5.41) is 5.61. The number of rotatable bonds is 2. The molecule has 0 atom stereocenters. The molecule has 0 aromatic carbocycles. The van der Waals surface area contributed by atoms with Crippen LogP contribution >= 0.6 is 11.3 Å². The van der Waals surface area contributed by atoms with Gasteiger partial charge in [0.05, 0.1) is 22.6 Å². The third kappa shape index (κ3) is 2.80. The Morgan fingerprint density at radius 3 is 2.96 bits per heavy atom. The summed E-state index contributed by atoms with van der Waals surface area (Å²) in [6.07, 6.45) is 9.25. The Morgan fingerprint density at radius 2 is 2.12 bits per heavy atom. The summed E-state index contributed by atoms with van der Waals surface area (Å²) < 4.78 is 0. The van der Waals surface area contributed by atoms with Crippen molar-refractivity contribution in [2.75, 3.05) is 16.8 Å². The van der Waals surface area contributed by atoms with E-state index in [0.29, 0.717) is 23.0 Å². The van der Waals surface area contributed by atoms with E-state index in [1.165, 1.54) is 24.2 Å². The number of amides is 2. The van der Waals surface area contributed by atoms with Crippen LogP contribution in [0.25, 0.3) is 0 Å². The van der Waals surface area contributed by atoms with Crippen molar-refractivity contribution in [3.63, 3.8) is 0 Å². The third-order valence-electron chi connectivity index (χ3n) is 4.61. The van der Waals surface area contributed by atoms with E-state index in [2.05, 4.69) is 15.3 Å². The third-order valence-corrected chi connectivity index (χ3v) is 5.61. The SMILES string of the molecule is O=C1CN(C(=O)c2csc(C3CCCCC3)n2)c2ccncc2N1. The molecule has 24 heavy (non-hydrogen) atoms. The van der Waals surface area contributed by atoms with Crippen LogP contribution in [0.5, 0.6) is 0 Å². The standard InChI is InChI=1S/C17H18N4O2S/c22-15-9-21(14-6-7-18-8-12(14)19-15)17(23)13-10-24-16(20-13)11-4-2-1-3-5-11/h6-8,10-11H,1-5,9H2,(H,19,22). The summed E-state index contributed by atoms with van der Waals surface area (Å²) in [7, 11) is 0. The predicted octanol–water partition coefficient (Wildman–Crippen LogP) is 3.18. The normalized spacial score (nSPS) is 18.2. The Hall–Kier alpha value is -2.28. The maximum atomic E-state index is 12.9. The molecular weight excluding hydrogens is 324 g/mol. The second-order valence-corrected chi connectivity index (χ2v) is 7.13. The fraction of sp³-hybridized carbons (Fsp3) is 0.412. The minimum absolute atomic E-state index is 0.00609. The van der Waals surface area contributed by atoms with Crippen LogP contribution in [0.4, 0.5) is 11.4 Å². The lowest BCUT2D eigenvalue weighted by atomic mass is 9.90. The molecule has 7 heteroatoms. The monoisotopic (exact) mass is 342 g/mol. The second-order valence-electron chi connectivity index (χ2n) is 6.24. The van der Waals surface area contributed by atoms with Crippen molar-refractivity contribution in [3.8, 4) is 0 Å². The van der Waals surface area contributed by atoms with E-state index in [1.54, 1.807) is 29.8 Å². The molecule has 2 amide bonds. The molecule has 1 aliphatic heterocycles. The molecule has 4 rings (SSSR count). The molecule has 1 saturated carbocycles. The zero-order chi connectivity index (χ0) is 16.5. The van der Waals surface area contributed by atoms with Gasteiger partial charge in [-0.25, -0.2) is 4.98 Å². The average molecular weight is 342 g/mol. The highest BCUT2D eigenvalue weighted by Crippen LogP contribution is 2.35. The number of aromatic nitrogens is 2. The van der Waals surface area contributed by atoms with Gasteiger partial charge >= 0.3 is 0 Å². The van der Waals surface area contributed by atoms with Gasteiger partial charge in [0.2, 0.25) is 5.91 Å². The van der Waals surface area contributed by atoms with Crippen LogP contribution in [0.3, 0.4) is 0 Å². The van der Waals surface area contributed by atoms with Gasteiger partial charge in [-0.1, -0.05) is 19.3 Å². The maximum Gasteiger partial charge on any atom is 0.278 e. The summed E-state index contributed by atoms with van der Waals surface area (Å²) in [5.41, 5.74) is 1.66. The number of nitrogens with one attached hydrogen (secondary N) is 1. The lowest BCUT2D eigenvalue weighted by molar-refractivity contribution is -0.115. The number of carbonyl (C=O) groups excluding carboxylic acids is 2. The number of carbonyl (C=O) groups is 2. The van der Waals surface area contributed by atoms with Crippen molar-refractivity contribution in [2.24, 2.45) is 0 Å².